The first-order valence-corrected chi connectivity index (χ1v) is 12.3. The molecule has 35 heavy (non-hydrogen) atoms. The predicted octanol–water partition coefficient (Wildman–Crippen LogP) is 7.05. The Balaban J connectivity index is 1.86. The standard InChI is InChI=1S/C31H36O4/c1-5-6-7-8-24-9-15-30(27(20-24)21-35-31(33)22(2)3)26-12-10-25(11-13-26)29-16-14-28(19-23(29)4)34-18-17-32/h9-16,19-20,32H,2,5-8,17-18,21H2,1,3-4H3. The first-order chi connectivity index (χ1) is 16.9. The van der Waals surface area contributed by atoms with Crippen LogP contribution in [0.4, 0.5) is 0 Å². The summed E-state index contributed by atoms with van der Waals surface area (Å²) in [5.41, 5.74) is 8.17. The molecule has 0 atom stereocenters. The quantitative estimate of drug-likeness (QED) is 0.174. The zero-order chi connectivity index (χ0) is 25.2. The van der Waals surface area contributed by atoms with Crippen LogP contribution in [0.5, 0.6) is 5.75 Å². The average Bonchev–Trinajstić information content (AvgIpc) is 2.86. The lowest BCUT2D eigenvalue weighted by atomic mass is 9.93. The first-order valence-electron chi connectivity index (χ1n) is 12.3. The Hall–Kier alpha value is -3.37. The summed E-state index contributed by atoms with van der Waals surface area (Å²) < 4.78 is 11.0. The van der Waals surface area contributed by atoms with Crippen LogP contribution < -0.4 is 4.74 Å². The summed E-state index contributed by atoms with van der Waals surface area (Å²) in [6.07, 6.45) is 4.56. The monoisotopic (exact) mass is 472 g/mol. The van der Waals surface area contributed by atoms with Crippen molar-refractivity contribution in [3.8, 4) is 28.0 Å². The Morgan fingerprint density at radius 2 is 1.63 bits per heavy atom. The zero-order valence-corrected chi connectivity index (χ0v) is 21.1. The van der Waals surface area contributed by atoms with E-state index in [2.05, 4.69) is 62.9 Å². The molecule has 3 aromatic rings. The van der Waals surface area contributed by atoms with Crippen molar-refractivity contribution in [2.24, 2.45) is 0 Å². The third-order valence-electron chi connectivity index (χ3n) is 6.01. The number of carbonyl (C=O) groups is 1. The van der Waals surface area contributed by atoms with Crippen LogP contribution in [0.3, 0.4) is 0 Å². The van der Waals surface area contributed by atoms with Crippen LogP contribution in [0.25, 0.3) is 22.3 Å². The smallest absolute Gasteiger partial charge is 0.333 e. The number of ether oxygens (including phenoxy) is 2. The number of aliphatic hydroxyl groups is 1. The van der Waals surface area contributed by atoms with E-state index < -0.39 is 0 Å². The van der Waals surface area contributed by atoms with Gasteiger partial charge in [0.05, 0.1) is 6.61 Å². The van der Waals surface area contributed by atoms with Crippen LogP contribution in [0.1, 0.15) is 49.8 Å². The van der Waals surface area contributed by atoms with Crippen molar-refractivity contribution in [1.29, 1.82) is 0 Å². The van der Waals surface area contributed by atoms with E-state index in [1.807, 2.05) is 18.2 Å². The summed E-state index contributed by atoms with van der Waals surface area (Å²) in [6.45, 7) is 10.1. The largest absolute Gasteiger partial charge is 0.491 e. The highest BCUT2D eigenvalue weighted by molar-refractivity contribution is 5.87. The van der Waals surface area contributed by atoms with Gasteiger partial charge < -0.3 is 14.6 Å². The summed E-state index contributed by atoms with van der Waals surface area (Å²) in [5, 5.41) is 8.96. The molecule has 0 radical (unpaired) electrons. The van der Waals surface area contributed by atoms with Gasteiger partial charge in [0.2, 0.25) is 0 Å². The Labute approximate surface area is 209 Å². The van der Waals surface area contributed by atoms with Crippen molar-refractivity contribution in [2.75, 3.05) is 13.2 Å². The summed E-state index contributed by atoms with van der Waals surface area (Å²) in [4.78, 5) is 12.0. The normalized spacial score (nSPS) is 10.7. The van der Waals surface area contributed by atoms with Gasteiger partial charge >= 0.3 is 5.97 Å². The van der Waals surface area contributed by atoms with Gasteiger partial charge in [0.25, 0.3) is 0 Å². The van der Waals surface area contributed by atoms with Gasteiger partial charge in [-0.1, -0.05) is 74.9 Å². The molecule has 4 nitrogen and oxygen atoms in total. The number of carbonyl (C=O) groups excluding carboxylic acids is 1. The average molecular weight is 473 g/mol. The fraction of sp³-hybridized carbons (Fsp3) is 0.323. The van der Waals surface area contributed by atoms with Crippen LogP contribution in [0.15, 0.2) is 72.8 Å². The number of hydrogen-bond acceptors (Lipinski definition) is 4. The lowest BCUT2D eigenvalue weighted by molar-refractivity contribution is -0.140. The SMILES string of the molecule is C=C(C)C(=O)OCc1cc(CCCCC)ccc1-c1ccc(-c2ccc(OCCO)cc2C)cc1. The molecule has 0 aliphatic carbocycles. The lowest BCUT2D eigenvalue weighted by Gasteiger charge is -2.14. The van der Waals surface area contributed by atoms with E-state index in [-0.39, 0.29) is 25.8 Å². The van der Waals surface area contributed by atoms with Gasteiger partial charge in [-0.25, -0.2) is 4.79 Å². The molecular formula is C31H36O4. The lowest BCUT2D eigenvalue weighted by Crippen LogP contribution is -2.06. The summed E-state index contributed by atoms with van der Waals surface area (Å²) in [7, 11) is 0. The third kappa shape index (κ3) is 7.30. The molecule has 0 amide bonds. The van der Waals surface area contributed by atoms with Gasteiger partial charge in [0.15, 0.2) is 0 Å². The second kappa shape index (κ2) is 12.9. The van der Waals surface area contributed by atoms with Crippen molar-refractivity contribution in [1.82, 2.24) is 0 Å². The van der Waals surface area contributed by atoms with Crippen molar-refractivity contribution >= 4 is 5.97 Å². The minimum absolute atomic E-state index is 0.00361. The number of aliphatic hydroxyl groups excluding tert-OH is 1. The second-order valence-corrected chi connectivity index (χ2v) is 8.93. The molecule has 0 aliphatic heterocycles. The molecule has 0 saturated carbocycles. The van der Waals surface area contributed by atoms with Crippen molar-refractivity contribution in [2.45, 2.75) is 53.1 Å². The van der Waals surface area contributed by atoms with Crippen LogP contribution in [-0.4, -0.2) is 24.3 Å². The predicted molar refractivity (Wildman–Crippen MR) is 142 cm³/mol. The van der Waals surface area contributed by atoms with Gasteiger partial charge in [-0.3, -0.25) is 0 Å². The molecule has 0 unspecified atom stereocenters. The fourth-order valence-electron chi connectivity index (χ4n) is 4.09. The minimum Gasteiger partial charge on any atom is -0.491 e. The molecule has 0 aliphatic rings. The van der Waals surface area contributed by atoms with Crippen LogP contribution in [0.2, 0.25) is 0 Å². The third-order valence-corrected chi connectivity index (χ3v) is 6.01. The number of aryl methyl sites for hydroxylation is 2. The van der Waals surface area contributed by atoms with Crippen molar-refractivity contribution < 1.29 is 19.4 Å². The molecule has 4 heteroatoms. The maximum Gasteiger partial charge on any atom is 0.333 e. The van der Waals surface area contributed by atoms with Crippen molar-refractivity contribution in [3.63, 3.8) is 0 Å². The molecular weight excluding hydrogens is 436 g/mol. The molecule has 0 bridgehead atoms. The minimum atomic E-state index is -0.371. The molecule has 3 aromatic carbocycles. The first kappa shape index (κ1) is 26.2. The van der Waals surface area contributed by atoms with Gasteiger partial charge in [-0.15, -0.1) is 0 Å². The molecule has 0 aromatic heterocycles. The second-order valence-electron chi connectivity index (χ2n) is 8.93. The zero-order valence-electron chi connectivity index (χ0n) is 21.1. The molecule has 0 heterocycles. The molecule has 3 rings (SSSR count). The van der Waals surface area contributed by atoms with Gasteiger partial charge in [0, 0.05) is 5.57 Å². The van der Waals surface area contributed by atoms with E-state index in [4.69, 9.17) is 14.6 Å². The summed E-state index contributed by atoms with van der Waals surface area (Å²) >= 11 is 0. The summed E-state index contributed by atoms with van der Waals surface area (Å²) in [5.74, 6) is 0.384. The van der Waals surface area contributed by atoms with E-state index in [0.29, 0.717) is 5.57 Å². The highest BCUT2D eigenvalue weighted by Gasteiger charge is 2.12. The fourth-order valence-corrected chi connectivity index (χ4v) is 4.09. The van der Waals surface area contributed by atoms with E-state index in [1.165, 1.54) is 18.4 Å². The molecule has 184 valence electrons. The number of rotatable bonds is 12. The number of unbranched alkanes of at least 4 members (excludes halogenated alkanes) is 2. The van der Waals surface area contributed by atoms with E-state index in [9.17, 15) is 4.79 Å². The number of benzene rings is 3. The van der Waals surface area contributed by atoms with Gasteiger partial charge in [-0.2, -0.15) is 0 Å². The van der Waals surface area contributed by atoms with Crippen LogP contribution >= 0.6 is 0 Å². The molecule has 0 spiro atoms. The van der Waals surface area contributed by atoms with E-state index in [1.54, 1.807) is 6.92 Å². The van der Waals surface area contributed by atoms with Crippen molar-refractivity contribution in [3.05, 3.63) is 89.5 Å². The van der Waals surface area contributed by atoms with Gasteiger partial charge in [0.1, 0.15) is 19.0 Å². The number of hydrogen-bond donors (Lipinski definition) is 1. The highest BCUT2D eigenvalue weighted by Crippen LogP contribution is 2.31. The van der Waals surface area contributed by atoms with E-state index >= 15 is 0 Å². The van der Waals surface area contributed by atoms with Crippen LogP contribution in [0, 0.1) is 6.92 Å². The Kier molecular flexibility index (Phi) is 9.68. The Morgan fingerprint density at radius 1 is 0.943 bits per heavy atom. The Morgan fingerprint density at radius 3 is 2.26 bits per heavy atom. The maximum atomic E-state index is 12.0. The maximum absolute atomic E-state index is 12.0. The van der Waals surface area contributed by atoms with Crippen LogP contribution in [-0.2, 0) is 22.6 Å². The number of esters is 1. The van der Waals surface area contributed by atoms with E-state index in [0.717, 1.165) is 52.0 Å². The molecule has 1 N–H and O–H groups in total. The topological polar surface area (TPSA) is 55.8 Å². The molecule has 0 fully saturated rings. The Bertz CT molecular complexity index is 1150. The molecule has 0 saturated heterocycles. The highest BCUT2D eigenvalue weighted by atomic mass is 16.5. The van der Waals surface area contributed by atoms with Gasteiger partial charge in [-0.05, 0) is 77.8 Å². The summed E-state index contributed by atoms with van der Waals surface area (Å²) in [6, 6.07) is 20.9.